The fourth-order valence-corrected chi connectivity index (χ4v) is 3.43. The van der Waals surface area contributed by atoms with Gasteiger partial charge in [0.1, 0.15) is 5.69 Å². The van der Waals surface area contributed by atoms with Crippen LogP contribution in [-0.4, -0.2) is 17.0 Å². The Balaban J connectivity index is 2.38. The Morgan fingerprint density at radius 2 is 1.95 bits per heavy atom. The molecule has 0 aliphatic rings. The number of carbonyl (C=O) groups excluding carboxylic acids is 1. The zero-order valence-corrected chi connectivity index (χ0v) is 14.2. The van der Waals surface area contributed by atoms with E-state index in [4.69, 9.17) is 16.3 Å². The van der Waals surface area contributed by atoms with E-state index in [0.29, 0.717) is 17.3 Å². The maximum absolute atomic E-state index is 12.5. The molecule has 0 aliphatic carbocycles. The second kappa shape index (κ2) is 6.15. The highest BCUT2D eigenvalue weighted by atomic mass is 79.9. The Kier molecular flexibility index (Phi) is 4.23. The third kappa shape index (κ3) is 2.42. The van der Waals surface area contributed by atoms with Gasteiger partial charge < -0.3 is 9.14 Å². The molecule has 1 aromatic carbocycles. The fraction of sp³-hybridized carbons (Fsp3) is 0.118. The number of nitrogens with zero attached hydrogens (tertiary/aromatic N) is 1. The smallest absolute Gasteiger partial charge is 0.355 e. The summed E-state index contributed by atoms with van der Waals surface area (Å²) in [5, 5.41) is 0.588. The molecule has 0 saturated heterocycles. The van der Waals surface area contributed by atoms with Crippen molar-refractivity contribution in [2.75, 3.05) is 6.61 Å². The molecule has 0 spiro atoms. The summed E-state index contributed by atoms with van der Waals surface area (Å²) < 4.78 is 7.87. The summed E-state index contributed by atoms with van der Waals surface area (Å²) in [6, 6.07) is 13.2. The molecule has 0 N–H and O–H groups in total. The second-order valence-corrected chi connectivity index (χ2v) is 5.89. The average Bonchev–Trinajstić information content (AvgIpc) is 2.82. The first kappa shape index (κ1) is 15.1. The lowest BCUT2D eigenvalue weighted by Gasteiger charge is -2.08. The SMILES string of the molecule is CCOC(=O)c1c(-c2ccccc2Cl)c(Br)c2ccccn12. The van der Waals surface area contributed by atoms with Gasteiger partial charge in [-0.05, 0) is 41.1 Å². The van der Waals surface area contributed by atoms with Gasteiger partial charge in [0.25, 0.3) is 0 Å². The molecule has 2 heterocycles. The highest BCUT2D eigenvalue weighted by Gasteiger charge is 2.25. The number of carbonyl (C=O) groups is 1. The van der Waals surface area contributed by atoms with E-state index >= 15 is 0 Å². The van der Waals surface area contributed by atoms with Crippen molar-refractivity contribution in [1.82, 2.24) is 4.40 Å². The van der Waals surface area contributed by atoms with Crippen LogP contribution in [0.4, 0.5) is 0 Å². The highest BCUT2D eigenvalue weighted by molar-refractivity contribution is 9.10. The van der Waals surface area contributed by atoms with Gasteiger partial charge in [-0.2, -0.15) is 0 Å². The number of esters is 1. The largest absolute Gasteiger partial charge is 0.461 e. The van der Waals surface area contributed by atoms with Crippen molar-refractivity contribution in [1.29, 1.82) is 0 Å². The number of hydrogen-bond donors (Lipinski definition) is 0. The number of fused-ring (bicyclic) bond motifs is 1. The van der Waals surface area contributed by atoms with Crippen LogP contribution in [0.2, 0.25) is 5.02 Å². The molecule has 3 rings (SSSR count). The van der Waals surface area contributed by atoms with Gasteiger partial charge in [0, 0.05) is 22.3 Å². The third-order valence-corrected chi connectivity index (χ3v) is 4.53. The fourth-order valence-electron chi connectivity index (χ4n) is 2.48. The van der Waals surface area contributed by atoms with Crippen LogP contribution in [0.1, 0.15) is 17.4 Å². The van der Waals surface area contributed by atoms with Gasteiger partial charge in [-0.25, -0.2) is 4.79 Å². The number of halogens is 2. The minimum Gasteiger partial charge on any atom is -0.461 e. The normalized spacial score (nSPS) is 10.9. The summed E-state index contributed by atoms with van der Waals surface area (Å²) in [6.07, 6.45) is 1.84. The van der Waals surface area contributed by atoms with Gasteiger partial charge in [-0.15, -0.1) is 0 Å². The topological polar surface area (TPSA) is 30.7 Å². The van der Waals surface area contributed by atoms with Gasteiger partial charge in [-0.3, -0.25) is 0 Å². The van der Waals surface area contributed by atoms with Crippen LogP contribution in [-0.2, 0) is 4.74 Å². The summed E-state index contributed by atoms with van der Waals surface area (Å²) in [5.74, 6) is -0.371. The lowest BCUT2D eigenvalue weighted by atomic mass is 10.1. The van der Waals surface area contributed by atoms with Crippen molar-refractivity contribution < 1.29 is 9.53 Å². The molecule has 0 fully saturated rings. The molecule has 0 saturated carbocycles. The van der Waals surface area contributed by atoms with E-state index in [1.807, 2.05) is 47.0 Å². The van der Waals surface area contributed by atoms with Crippen LogP contribution in [0, 0.1) is 0 Å². The van der Waals surface area contributed by atoms with Crippen LogP contribution >= 0.6 is 27.5 Å². The molecule has 5 heteroatoms. The molecule has 0 radical (unpaired) electrons. The van der Waals surface area contributed by atoms with Gasteiger partial charge in [-0.1, -0.05) is 35.9 Å². The van der Waals surface area contributed by atoms with E-state index in [2.05, 4.69) is 15.9 Å². The summed E-state index contributed by atoms with van der Waals surface area (Å²) in [5.41, 5.74) is 2.90. The lowest BCUT2D eigenvalue weighted by molar-refractivity contribution is 0.0519. The first-order chi connectivity index (χ1) is 10.6. The minimum atomic E-state index is -0.371. The minimum absolute atomic E-state index is 0.318. The quantitative estimate of drug-likeness (QED) is 0.587. The monoisotopic (exact) mass is 377 g/mol. The van der Waals surface area contributed by atoms with Crippen molar-refractivity contribution in [2.45, 2.75) is 6.92 Å². The van der Waals surface area contributed by atoms with Crippen molar-refractivity contribution >= 4 is 39.0 Å². The predicted molar refractivity (Wildman–Crippen MR) is 91.5 cm³/mol. The molecule has 2 aromatic heterocycles. The molecule has 0 atom stereocenters. The Morgan fingerprint density at radius 1 is 1.23 bits per heavy atom. The number of ether oxygens (including phenoxy) is 1. The Bertz CT molecular complexity index is 857. The van der Waals surface area contributed by atoms with Gasteiger partial charge in [0.2, 0.25) is 0 Å². The summed E-state index contributed by atoms with van der Waals surface area (Å²) in [4.78, 5) is 12.5. The Morgan fingerprint density at radius 3 is 2.68 bits per heavy atom. The number of aromatic nitrogens is 1. The number of pyridine rings is 1. The predicted octanol–water partition coefficient (Wildman–Crippen LogP) is 5.20. The number of benzene rings is 1. The highest BCUT2D eigenvalue weighted by Crippen LogP contribution is 2.40. The Labute approximate surface area is 141 Å². The van der Waals surface area contributed by atoms with E-state index in [0.717, 1.165) is 21.1 Å². The molecule has 112 valence electrons. The molecule has 0 unspecified atom stereocenters. The van der Waals surface area contributed by atoms with Crippen LogP contribution in [0.25, 0.3) is 16.6 Å². The number of rotatable bonds is 3. The van der Waals surface area contributed by atoms with E-state index < -0.39 is 0 Å². The van der Waals surface area contributed by atoms with Gasteiger partial charge in [0.15, 0.2) is 0 Å². The summed E-state index contributed by atoms with van der Waals surface area (Å²) in [7, 11) is 0. The third-order valence-electron chi connectivity index (χ3n) is 3.39. The summed E-state index contributed by atoms with van der Waals surface area (Å²) >= 11 is 9.94. The molecular formula is C17H13BrClNO2. The maximum atomic E-state index is 12.5. The molecule has 0 amide bonds. The molecule has 3 nitrogen and oxygen atoms in total. The average molecular weight is 379 g/mol. The second-order valence-electron chi connectivity index (χ2n) is 4.69. The van der Waals surface area contributed by atoms with Crippen LogP contribution < -0.4 is 0 Å². The van der Waals surface area contributed by atoms with Crippen LogP contribution in [0.15, 0.2) is 53.1 Å². The molecule has 0 aliphatic heterocycles. The van der Waals surface area contributed by atoms with Gasteiger partial charge in [0.05, 0.1) is 16.6 Å². The molecule has 0 bridgehead atoms. The molecular weight excluding hydrogens is 366 g/mol. The van der Waals surface area contributed by atoms with Crippen molar-refractivity contribution in [3.8, 4) is 11.1 Å². The first-order valence-electron chi connectivity index (χ1n) is 6.85. The molecule has 22 heavy (non-hydrogen) atoms. The van der Waals surface area contributed by atoms with E-state index in [9.17, 15) is 4.79 Å². The van der Waals surface area contributed by atoms with Crippen LogP contribution in [0.5, 0.6) is 0 Å². The van der Waals surface area contributed by atoms with Crippen molar-refractivity contribution in [2.24, 2.45) is 0 Å². The van der Waals surface area contributed by atoms with Crippen LogP contribution in [0.3, 0.4) is 0 Å². The van der Waals surface area contributed by atoms with Crippen molar-refractivity contribution in [3.05, 3.63) is 63.9 Å². The molecule has 3 aromatic rings. The van der Waals surface area contributed by atoms with E-state index in [1.54, 1.807) is 13.0 Å². The van der Waals surface area contributed by atoms with Gasteiger partial charge >= 0.3 is 5.97 Å². The summed E-state index contributed by atoms with van der Waals surface area (Å²) in [6.45, 7) is 2.11. The lowest BCUT2D eigenvalue weighted by Crippen LogP contribution is -2.09. The van der Waals surface area contributed by atoms with E-state index in [-0.39, 0.29) is 5.97 Å². The standard InChI is InChI=1S/C17H13BrClNO2/c1-2-22-17(21)16-14(11-7-3-4-8-12(11)19)15(18)13-9-5-6-10-20(13)16/h3-10H,2H2,1H3. The number of hydrogen-bond acceptors (Lipinski definition) is 2. The van der Waals surface area contributed by atoms with E-state index in [1.165, 1.54) is 0 Å². The zero-order chi connectivity index (χ0) is 15.7. The Hall–Kier alpha value is -1.78. The van der Waals surface area contributed by atoms with Crippen molar-refractivity contribution in [3.63, 3.8) is 0 Å². The zero-order valence-electron chi connectivity index (χ0n) is 11.8. The maximum Gasteiger partial charge on any atom is 0.355 e. The first-order valence-corrected chi connectivity index (χ1v) is 8.02.